The van der Waals surface area contributed by atoms with Gasteiger partial charge in [0.1, 0.15) is 0 Å². The molecule has 4 heterocycles. The summed E-state index contributed by atoms with van der Waals surface area (Å²) in [5.74, 6) is 2.70. The van der Waals surface area contributed by atoms with Gasteiger partial charge in [-0.2, -0.15) is 36.9 Å². The Morgan fingerprint density at radius 1 is 0.250 bits per heavy atom. The van der Waals surface area contributed by atoms with Crippen molar-refractivity contribution in [2.75, 3.05) is 0 Å². The molecular weight excluding hydrogens is 1650 g/mol. The summed E-state index contributed by atoms with van der Waals surface area (Å²) >= 11 is 0. The standard InChI is InChI=1S/C61H37F3N6.C54H34F3N5/c1-38-21-23-39(24-22-38)50-35-46(60-68-58(41-13-5-3-6-14-41)67-59(69-60)42-15-7-4-8-16-42)36-51(40-25-29-47(30-26-40)61(62,63)64)57(50)70-55-31-27-43(48-18-10-9-17-45(48)37-65)33-52(55)53-34-44(28-32-56(53)70)49-19-11-12-20-54(49)66-2;1-34-20-22-35(23-21-34)45-31-41(53-60-51(37-12-4-2-5-13-37)59-52(61-53)38-14-6-3-7-15-38)32-46(36-24-27-42(28-25-36)54(55,56)57)50(45)62-48-19-11-10-18-44(48)47-30-39(26-29-49(47)62)43-17-9-8-16-40(43)33-58/h3-36H,1H3;2-32H,1H3. The molecule has 0 saturated heterocycles. The summed E-state index contributed by atoms with van der Waals surface area (Å²) < 4.78 is 89.5. The van der Waals surface area contributed by atoms with Crippen LogP contribution in [0.15, 0.2) is 394 Å². The maximum absolute atomic E-state index is 14.3. The van der Waals surface area contributed by atoms with Gasteiger partial charge in [-0.1, -0.05) is 302 Å². The van der Waals surface area contributed by atoms with Crippen LogP contribution in [0.5, 0.6) is 0 Å². The SMILES string of the molecule is Cc1ccc(-c2cc(-c3nc(-c4ccccc4)nc(-c4ccccc4)n3)cc(-c3ccc(C(F)(F)F)cc3)c2-n2c3ccccc3c3cc(-c4ccccc4C#N)ccc32)cc1.[C-]#[N+]c1ccccc1-c1ccc2c(c1)c1cc(-c3ccccc3C#N)ccc1n2-c1c(-c2ccc(C)cc2)cc(-c2nc(-c3ccccc3)nc(-c3ccccc3)n2)cc1-c1ccc(C(F)(F)F)cc1. The monoisotopic (exact) mass is 1720 g/mol. The van der Waals surface area contributed by atoms with Crippen LogP contribution in [-0.4, -0.2) is 39.0 Å². The van der Waals surface area contributed by atoms with Crippen LogP contribution in [0.25, 0.3) is 206 Å². The fourth-order valence-corrected chi connectivity index (χ4v) is 17.4. The molecular formula is C115H71F6N11. The van der Waals surface area contributed by atoms with Gasteiger partial charge >= 0.3 is 12.4 Å². The van der Waals surface area contributed by atoms with Gasteiger partial charge < -0.3 is 9.13 Å². The molecule has 0 atom stereocenters. The summed E-state index contributed by atoms with van der Waals surface area (Å²) in [4.78, 5) is 34.1. The van der Waals surface area contributed by atoms with E-state index < -0.39 is 23.5 Å². The Labute approximate surface area is 755 Å². The molecule has 132 heavy (non-hydrogen) atoms. The zero-order valence-corrected chi connectivity index (χ0v) is 70.7. The van der Waals surface area contributed by atoms with E-state index in [-0.39, 0.29) is 0 Å². The smallest absolute Gasteiger partial charge is 0.308 e. The minimum Gasteiger partial charge on any atom is -0.308 e. The average Bonchev–Trinajstić information content (AvgIpc) is 1.57. The van der Waals surface area contributed by atoms with Gasteiger partial charge in [0, 0.05) is 77.2 Å². The number of hydrogen-bond acceptors (Lipinski definition) is 8. The number of rotatable bonds is 15. The number of para-hydroxylation sites is 2. The molecule has 0 amide bonds. The van der Waals surface area contributed by atoms with Crippen molar-refractivity contribution in [3.05, 3.63) is 439 Å². The van der Waals surface area contributed by atoms with Gasteiger partial charge in [-0.25, -0.2) is 34.7 Å². The third-order valence-electron chi connectivity index (χ3n) is 23.8. The molecule has 0 N–H and O–H groups in total. The third-order valence-corrected chi connectivity index (χ3v) is 23.8. The second kappa shape index (κ2) is 34.6. The van der Waals surface area contributed by atoms with Gasteiger partial charge in [0.2, 0.25) is 0 Å². The molecule has 0 fully saturated rings. The van der Waals surface area contributed by atoms with E-state index in [1.807, 2.05) is 263 Å². The number of hydrogen-bond donors (Lipinski definition) is 0. The van der Waals surface area contributed by atoms with Crippen LogP contribution in [0.2, 0.25) is 0 Å². The molecule has 0 aliphatic carbocycles. The number of alkyl halides is 6. The van der Waals surface area contributed by atoms with Crippen molar-refractivity contribution in [2.45, 2.75) is 26.2 Å². The summed E-state index contributed by atoms with van der Waals surface area (Å²) in [7, 11) is 0. The minimum absolute atomic E-state index is 0.381. The lowest BCUT2D eigenvalue weighted by molar-refractivity contribution is -0.138. The molecule has 21 rings (SSSR count). The highest BCUT2D eigenvalue weighted by Gasteiger charge is 2.34. The van der Waals surface area contributed by atoms with Crippen LogP contribution < -0.4 is 0 Å². The second-order valence-corrected chi connectivity index (χ2v) is 32.1. The Balaban J connectivity index is 0.000000166. The number of aryl methyl sites for hydroxylation is 2. The molecule has 0 saturated carbocycles. The van der Waals surface area contributed by atoms with Crippen LogP contribution in [0.3, 0.4) is 0 Å². The van der Waals surface area contributed by atoms with E-state index in [0.29, 0.717) is 90.8 Å². The van der Waals surface area contributed by atoms with E-state index >= 15 is 0 Å². The van der Waals surface area contributed by atoms with Gasteiger partial charge in [-0.15, -0.1) is 0 Å². The first kappa shape index (κ1) is 82.7. The van der Waals surface area contributed by atoms with Gasteiger partial charge in [-0.3, -0.25) is 0 Å². The Kier molecular flexibility index (Phi) is 21.7. The van der Waals surface area contributed by atoms with Crippen LogP contribution in [0.4, 0.5) is 32.0 Å². The topological polar surface area (TPSA) is 139 Å². The van der Waals surface area contributed by atoms with Crippen molar-refractivity contribution in [1.82, 2.24) is 39.0 Å². The highest BCUT2D eigenvalue weighted by atomic mass is 19.4. The first-order valence-electron chi connectivity index (χ1n) is 42.6. The van der Waals surface area contributed by atoms with Crippen LogP contribution >= 0.6 is 0 Å². The zero-order chi connectivity index (χ0) is 90.3. The van der Waals surface area contributed by atoms with Crippen LogP contribution in [0, 0.1) is 43.1 Å². The lowest BCUT2D eigenvalue weighted by Crippen LogP contribution is -2.05. The maximum Gasteiger partial charge on any atom is 0.416 e. The van der Waals surface area contributed by atoms with Gasteiger partial charge in [0.05, 0.1) is 74.4 Å². The molecule has 0 aliphatic heterocycles. The predicted octanol–water partition coefficient (Wildman–Crippen LogP) is 30.6. The Hall–Kier alpha value is -17.6. The molecule has 0 spiro atoms. The van der Waals surface area contributed by atoms with E-state index in [0.717, 1.165) is 163 Å². The fraction of sp³-hybridized carbons (Fsp3) is 0.0348. The number of fused-ring (bicyclic) bond motifs is 6. The molecule has 17 heteroatoms. The van der Waals surface area contributed by atoms with Crippen molar-refractivity contribution < 1.29 is 26.3 Å². The van der Waals surface area contributed by atoms with Crippen molar-refractivity contribution in [3.63, 3.8) is 0 Å². The first-order chi connectivity index (χ1) is 64.4. The fourth-order valence-electron chi connectivity index (χ4n) is 17.4. The van der Waals surface area contributed by atoms with Crippen molar-refractivity contribution in [1.29, 1.82) is 10.5 Å². The lowest BCUT2D eigenvalue weighted by atomic mass is 9.91. The zero-order valence-electron chi connectivity index (χ0n) is 70.7. The van der Waals surface area contributed by atoms with Crippen LogP contribution in [0.1, 0.15) is 33.4 Å². The highest BCUT2D eigenvalue weighted by molar-refractivity contribution is 6.15. The maximum atomic E-state index is 14.3. The van der Waals surface area contributed by atoms with Crippen molar-refractivity contribution >= 4 is 49.3 Å². The largest absolute Gasteiger partial charge is 0.416 e. The minimum atomic E-state index is -4.55. The number of halogens is 6. The van der Waals surface area contributed by atoms with E-state index in [9.17, 15) is 36.9 Å². The Bertz CT molecular complexity index is 7950. The Morgan fingerprint density at radius 3 is 0.848 bits per heavy atom. The quantitative estimate of drug-likeness (QED) is 0.0730. The van der Waals surface area contributed by atoms with E-state index in [2.05, 4.69) is 111 Å². The van der Waals surface area contributed by atoms with Crippen molar-refractivity contribution in [3.8, 4) is 170 Å². The average molecular weight is 1720 g/mol. The van der Waals surface area contributed by atoms with E-state index in [1.165, 1.54) is 24.3 Å². The molecule has 4 aromatic heterocycles. The summed E-state index contributed by atoms with van der Waals surface area (Å²) in [6.07, 6.45) is -9.07. The van der Waals surface area contributed by atoms with Crippen LogP contribution in [-0.2, 0) is 12.4 Å². The summed E-state index contributed by atoms with van der Waals surface area (Å²) in [5, 5.41) is 23.9. The normalized spacial score (nSPS) is 11.5. The molecule has 0 aliphatic rings. The number of benzene rings is 17. The Morgan fingerprint density at radius 2 is 0.515 bits per heavy atom. The summed E-state index contributed by atoms with van der Waals surface area (Å²) in [6.45, 7) is 12.0. The van der Waals surface area contributed by atoms with Gasteiger partial charge in [0.25, 0.3) is 0 Å². The lowest BCUT2D eigenvalue weighted by Gasteiger charge is -2.21. The summed E-state index contributed by atoms with van der Waals surface area (Å²) in [5.41, 5.74) is 22.4. The molecule has 21 aromatic rings. The molecule has 11 nitrogen and oxygen atoms in total. The summed E-state index contributed by atoms with van der Waals surface area (Å²) in [6, 6.07) is 128. The van der Waals surface area contributed by atoms with E-state index in [1.54, 1.807) is 12.1 Å². The van der Waals surface area contributed by atoms with Gasteiger partial charge in [0.15, 0.2) is 40.6 Å². The molecule has 0 bridgehead atoms. The second-order valence-electron chi connectivity index (χ2n) is 32.1. The molecule has 628 valence electrons. The number of nitriles is 2. The molecule has 17 aromatic carbocycles. The van der Waals surface area contributed by atoms with Gasteiger partial charge in [-0.05, 0) is 173 Å². The highest BCUT2D eigenvalue weighted by Crippen LogP contribution is 2.50. The van der Waals surface area contributed by atoms with Crippen molar-refractivity contribution in [2.24, 2.45) is 0 Å². The molecule has 0 unspecified atom stereocenters. The third kappa shape index (κ3) is 16.0. The van der Waals surface area contributed by atoms with E-state index in [4.69, 9.17) is 36.5 Å². The number of aromatic nitrogens is 8. The predicted molar refractivity (Wildman–Crippen MR) is 514 cm³/mol. The molecule has 0 radical (unpaired) electrons. The first-order valence-corrected chi connectivity index (χ1v) is 42.6. The number of nitrogens with zero attached hydrogens (tertiary/aromatic N) is 11.